The molecule has 0 bridgehead atoms. The molecule has 2 amide bonds. The van der Waals surface area contributed by atoms with Crippen LogP contribution in [0.4, 0.5) is 26.3 Å². The number of hydrogen-bond acceptors (Lipinski definition) is 8. The molecular formula is C28H31F6N7O4. The second-order valence-corrected chi connectivity index (χ2v) is 12.1. The van der Waals surface area contributed by atoms with Crippen LogP contribution in [0.5, 0.6) is 0 Å². The number of carbonyl (C=O) groups is 2. The minimum absolute atomic E-state index is 0.0775. The molecule has 5 heterocycles. The Bertz CT molecular complexity index is 1560. The van der Waals surface area contributed by atoms with Gasteiger partial charge in [0.1, 0.15) is 24.2 Å². The molecule has 3 fully saturated rings. The molecule has 45 heavy (non-hydrogen) atoms. The molecule has 2 saturated heterocycles. The fraction of sp³-hybridized carbons (Fsp3) is 0.643. The largest absolute Gasteiger partial charge is 0.362 e. The molecule has 11 nitrogen and oxygen atoms in total. The Morgan fingerprint density at radius 3 is 2.38 bits per heavy atom. The predicted octanol–water partition coefficient (Wildman–Crippen LogP) is 5.06. The number of ether oxygens (including phenoxy) is 1. The molecule has 17 heteroatoms. The minimum atomic E-state index is -3.11. The van der Waals surface area contributed by atoms with Crippen LogP contribution in [0.15, 0.2) is 16.8 Å². The van der Waals surface area contributed by atoms with E-state index in [1.54, 1.807) is 6.07 Å². The van der Waals surface area contributed by atoms with Crippen molar-refractivity contribution in [2.75, 3.05) is 13.2 Å². The van der Waals surface area contributed by atoms with E-state index in [1.165, 1.54) is 17.9 Å². The molecule has 3 aliphatic rings. The van der Waals surface area contributed by atoms with Crippen LogP contribution >= 0.6 is 0 Å². The summed E-state index contributed by atoms with van der Waals surface area (Å²) in [4.78, 5) is 39.6. The van der Waals surface area contributed by atoms with Crippen LogP contribution in [0.1, 0.15) is 91.2 Å². The molecular weight excluding hydrogens is 612 g/mol. The van der Waals surface area contributed by atoms with Gasteiger partial charge in [0, 0.05) is 38.6 Å². The van der Waals surface area contributed by atoms with Crippen molar-refractivity contribution in [3.8, 4) is 0 Å². The highest BCUT2D eigenvalue weighted by atomic mass is 19.3. The quantitative estimate of drug-likeness (QED) is 0.356. The number of H-pyrrole nitrogens is 1. The van der Waals surface area contributed by atoms with Crippen molar-refractivity contribution in [1.82, 2.24) is 35.5 Å². The molecule has 0 radical (unpaired) electrons. The van der Waals surface area contributed by atoms with Crippen molar-refractivity contribution in [2.24, 2.45) is 5.92 Å². The number of pyridine rings is 1. The zero-order valence-electron chi connectivity index (χ0n) is 24.2. The van der Waals surface area contributed by atoms with Gasteiger partial charge in [0.05, 0.1) is 23.3 Å². The SMILES string of the molecule is Cc1nonc1C(=O)N[C@H](c1nc2nc([C@H]3CC(F)(F)CCN3C(=O)[C@@H]3CCC(F)(F)CO3)ccc2[nH]1)C1CCC(F)(F)CC1. The topological polar surface area (TPSA) is 139 Å². The number of aryl methyl sites for hydroxylation is 1. The van der Waals surface area contributed by atoms with E-state index < -0.39 is 79.6 Å². The number of hydrogen-bond donors (Lipinski definition) is 2. The number of rotatable bonds is 6. The maximum Gasteiger partial charge on any atom is 0.276 e. The number of aromatic amines is 1. The van der Waals surface area contributed by atoms with E-state index in [0.29, 0.717) is 5.52 Å². The summed E-state index contributed by atoms with van der Waals surface area (Å²) >= 11 is 0. The van der Waals surface area contributed by atoms with E-state index in [1.807, 2.05) is 0 Å². The number of fused-ring (bicyclic) bond motifs is 1. The van der Waals surface area contributed by atoms with Gasteiger partial charge < -0.3 is 19.9 Å². The number of halogens is 6. The number of alkyl halides is 6. The highest BCUT2D eigenvalue weighted by Gasteiger charge is 2.47. The predicted molar refractivity (Wildman–Crippen MR) is 143 cm³/mol. The maximum atomic E-state index is 14.6. The van der Waals surface area contributed by atoms with Gasteiger partial charge >= 0.3 is 0 Å². The monoisotopic (exact) mass is 643 g/mol. The second-order valence-electron chi connectivity index (χ2n) is 12.1. The second kappa shape index (κ2) is 11.6. The van der Waals surface area contributed by atoms with Crippen LogP contribution in [0.25, 0.3) is 11.2 Å². The average molecular weight is 644 g/mol. The molecule has 2 aliphatic heterocycles. The lowest BCUT2D eigenvalue weighted by atomic mass is 9.81. The van der Waals surface area contributed by atoms with E-state index in [9.17, 15) is 35.9 Å². The van der Waals surface area contributed by atoms with Crippen molar-refractivity contribution in [3.05, 3.63) is 35.0 Å². The normalized spacial score (nSPS) is 25.6. The van der Waals surface area contributed by atoms with E-state index in [2.05, 4.69) is 35.2 Å². The van der Waals surface area contributed by atoms with Crippen molar-refractivity contribution < 1.29 is 45.3 Å². The van der Waals surface area contributed by atoms with Crippen LogP contribution < -0.4 is 5.32 Å². The van der Waals surface area contributed by atoms with E-state index in [-0.39, 0.29) is 67.2 Å². The van der Waals surface area contributed by atoms with E-state index in [4.69, 9.17) is 4.74 Å². The number of amides is 2. The number of aromatic nitrogens is 5. The lowest BCUT2D eigenvalue weighted by Gasteiger charge is -2.41. The Labute approximate surface area is 252 Å². The van der Waals surface area contributed by atoms with Crippen LogP contribution in [-0.4, -0.2) is 79.0 Å². The summed E-state index contributed by atoms with van der Waals surface area (Å²) in [6.45, 7) is 0.267. The molecule has 3 aromatic heterocycles. The Hall–Kier alpha value is -3.76. The van der Waals surface area contributed by atoms with Crippen LogP contribution in [-0.2, 0) is 9.53 Å². The highest BCUT2D eigenvalue weighted by Crippen LogP contribution is 2.43. The molecule has 0 unspecified atom stereocenters. The first kappa shape index (κ1) is 31.2. The minimum Gasteiger partial charge on any atom is -0.362 e. The molecule has 2 N–H and O–H groups in total. The summed E-state index contributed by atoms with van der Waals surface area (Å²) < 4.78 is 94.2. The Morgan fingerprint density at radius 1 is 0.978 bits per heavy atom. The van der Waals surface area contributed by atoms with Gasteiger partial charge in [0.15, 0.2) is 11.3 Å². The summed E-state index contributed by atoms with van der Waals surface area (Å²) in [5, 5.41) is 10.0. The zero-order chi connectivity index (χ0) is 32.1. The van der Waals surface area contributed by atoms with E-state index >= 15 is 0 Å². The van der Waals surface area contributed by atoms with Gasteiger partial charge in [-0.3, -0.25) is 9.59 Å². The lowest BCUT2D eigenvalue weighted by molar-refractivity contribution is -0.177. The molecule has 1 aliphatic carbocycles. The molecule has 3 atom stereocenters. The van der Waals surface area contributed by atoms with Crippen molar-refractivity contribution in [1.29, 1.82) is 0 Å². The van der Waals surface area contributed by atoms with Crippen molar-refractivity contribution in [2.45, 2.75) is 94.2 Å². The molecule has 3 aromatic rings. The van der Waals surface area contributed by atoms with Crippen molar-refractivity contribution >= 4 is 23.0 Å². The van der Waals surface area contributed by atoms with Gasteiger partial charge in [0.2, 0.25) is 5.92 Å². The highest BCUT2D eigenvalue weighted by molar-refractivity contribution is 5.93. The van der Waals surface area contributed by atoms with Crippen LogP contribution in [0, 0.1) is 12.8 Å². The maximum absolute atomic E-state index is 14.6. The smallest absolute Gasteiger partial charge is 0.276 e. The van der Waals surface area contributed by atoms with Gasteiger partial charge in [-0.05, 0) is 49.4 Å². The van der Waals surface area contributed by atoms with E-state index in [0.717, 1.165) is 0 Å². The first-order chi connectivity index (χ1) is 21.2. The van der Waals surface area contributed by atoms with Gasteiger partial charge in [0.25, 0.3) is 23.7 Å². The fourth-order valence-corrected chi connectivity index (χ4v) is 6.27. The third kappa shape index (κ3) is 6.63. The van der Waals surface area contributed by atoms with Gasteiger partial charge in [-0.1, -0.05) is 5.16 Å². The number of nitrogens with one attached hydrogen (secondary N) is 2. The summed E-state index contributed by atoms with van der Waals surface area (Å²) in [6.07, 6.45) is -3.90. The third-order valence-electron chi connectivity index (χ3n) is 8.82. The molecule has 0 spiro atoms. The summed E-state index contributed by atoms with van der Waals surface area (Å²) in [6, 6.07) is 0.962. The fourth-order valence-electron chi connectivity index (χ4n) is 6.27. The number of nitrogens with zero attached hydrogens (tertiary/aromatic N) is 5. The lowest BCUT2D eigenvalue weighted by Crippen LogP contribution is -2.51. The number of imidazole rings is 1. The van der Waals surface area contributed by atoms with Crippen LogP contribution in [0.2, 0.25) is 0 Å². The standard InChI is InChI=1S/C28H31F6N7O4/c1-14-20(40-45-39-14)24(42)37-21(15-4-7-26(29,30)8-5-15)23-36-17-3-2-16(35-22(17)38-23)18-12-27(31,32)10-11-41(18)25(43)19-6-9-28(33,34)13-44-19/h2-3,15,18-19,21H,4-13H2,1H3,(H,37,42)(H,35,36,38)/t18-,19+,21+/m1/s1. The summed E-state index contributed by atoms with van der Waals surface area (Å²) in [5.41, 5.74) is 0.736. The first-order valence-corrected chi connectivity index (χ1v) is 14.7. The van der Waals surface area contributed by atoms with Gasteiger partial charge in [-0.2, -0.15) is 0 Å². The molecule has 244 valence electrons. The number of carbonyl (C=O) groups excluding carboxylic acids is 2. The molecule has 1 saturated carbocycles. The first-order valence-electron chi connectivity index (χ1n) is 14.7. The Kier molecular flexibility index (Phi) is 8.02. The number of likely N-dealkylation sites (tertiary alicyclic amines) is 1. The van der Waals surface area contributed by atoms with Gasteiger partial charge in [-0.15, -0.1) is 0 Å². The van der Waals surface area contributed by atoms with Crippen LogP contribution in [0.3, 0.4) is 0 Å². The molecule has 6 rings (SSSR count). The van der Waals surface area contributed by atoms with Crippen molar-refractivity contribution in [3.63, 3.8) is 0 Å². The van der Waals surface area contributed by atoms with Gasteiger partial charge in [-0.25, -0.2) is 40.9 Å². The summed E-state index contributed by atoms with van der Waals surface area (Å²) in [5.74, 6) is -10.5. The molecule has 0 aromatic carbocycles. The Morgan fingerprint density at radius 2 is 1.71 bits per heavy atom. The summed E-state index contributed by atoms with van der Waals surface area (Å²) in [7, 11) is 0. The average Bonchev–Trinajstić information content (AvgIpc) is 3.61. The zero-order valence-corrected chi connectivity index (χ0v) is 24.2. The third-order valence-corrected chi connectivity index (χ3v) is 8.82. The number of piperidine rings is 1. The Balaban J connectivity index is 1.29.